The number of hydrogen-bond acceptors (Lipinski definition) is 1. The molecule has 6 rings (SSSR count). The van der Waals surface area contributed by atoms with E-state index < -0.39 is 0 Å². The summed E-state index contributed by atoms with van der Waals surface area (Å²) in [6.07, 6.45) is 3.10. The van der Waals surface area contributed by atoms with Crippen molar-refractivity contribution in [1.29, 1.82) is 0 Å². The van der Waals surface area contributed by atoms with Crippen LogP contribution in [0.25, 0.3) is 55.4 Å². The predicted octanol–water partition coefficient (Wildman–Crippen LogP) is 10.6. The van der Waals surface area contributed by atoms with Gasteiger partial charge < -0.3 is 4.42 Å². The number of nitrogens with zero attached hydrogens (tertiary/aromatic N) is 1. The lowest BCUT2D eigenvalue weighted by Gasteiger charge is -2.18. The Hall–Kier alpha value is -4.24. The number of aryl methyl sites for hydroxylation is 2. The van der Waals surface area contributed by atoms with Crippen LogP contribution in [0.2, 0.25) is 0 Å². The highest BCUT2D eigenvalue weighted by molar-refractivity contribution is 6.13. The fourth-order valence-corrected chi connectivity index (χ4v) is 6.04. The Bertz CT molecular complexity index is 1920. The van der Waals surface area contributed by atoms with Gasteiger partial charge in [-0.25, -0.2) is 8.96 Å². The molecule has 0 radical (unpaired) electrons. The van der Waals surface area contributed by atoms with Crippen LogP contribution in [0.3, 0.4) is 0 Å². The van der Waals surface area contributed by atoms with Gasteiger partial charge in [-0.2, -0.15) is 0 Å². The standard InChI is InChI=1S/C39H39FNO/c1-24(2)27-9-11-28(12-10-27)29-13-15-30(16-14-29)36-33(40)19-18-32-31-17-8-25(3)35(37(31)42-38(32)36)34-22-26(20-21-41(34)7)23-39(4,5)6/h8-22,24H,23H2,1-7H3/q+1. The van der Waals surface area contributed by atoms with Gasteiger partial charge in [0, 0.05) is 22.9 Å². The van der Waals surface area contributed by atoms with Crippen LogP contribution in [0.5, 0.6) is 0 Å². The smallest absolute Gasteiger partial charge is 0.216 e. The zero-order valence-electron chi connectivity index (χ0n) is 25.7. The number of halogens is 1. The second kappa shape index (κ2) is 10.5. The fourth-order valence-electron chi connectivity index (χ4n) is 6.04. The maximum Gasteiger partial charge on any atom is 0.216 e. The first-order valence-corrected chi connectivity index (χ1v) is 14.8. The van der Waals surface area contributed by atoms with Crippen molar-refractivity contribution < 1.29 is 13.4 Å². The van der Waals surface area contributed by atoms with Gasteiger partial charge in [0.25, 0.3) is 0 Å². The Morgan fingerprint density at radius 3 is 1.93 bits per heavy atom. The first-order chi connectivity index (χ1) is 20.0. The van der Waals surface area contributed by atoms with Gasteiger partial charge in [-0.1, -0.05) is 95.3 Å². The first-order valence-electron chi connectivity index (χ1n) is 14.8. The van der Waals surface area contributed by atoms with Crippen molar-refractivity contribution in [2.75, 3.05) is 0 Å². The molecular weight excluding hydrogens is 517 g/mol. The number of benzene rings is 4. The van der Waals surface area contributed by atoms with E-state index in [1.165, 1.54) is 11.1 Å². The highest BCUT2D eigenvalue weighted by Crippen LogP contribution is 2.42. The summed E-state index contributed by atoms with van der Waals surface area (Å²) in [5.41, 5.74) is 11.0. The highest BCUT2D eigenvalue weighted by Gasteiger charge is 2.24. The molecule has 212 valence electrons. The summed E-state index contributed by atoms with van der Waals surface area (Å²) in [7, 11) is 2.07. The van der Waals surface area contributed by atoms with E-state index >= 15 is 4.39 Å². The van der Waals surface area contributed by atoms with Crippen LogP contribution in [-0.2, 0) is 13.5 Å². The summed E-state index contributed by atoms with van der Waals surface area (Å²) in [5.74, 6) is 0.208. The van der Waals surface area contributed by atoms with E-state index in [1.54, 1.807) is 6.07 Å². The van der Waals surface area contributed by atoms with Crippen LogP contribution in [0.15, 0.2) is 95.5 Å². The van der Waals surface area contributed by atoms with Crippen molar-refractivity contribution >= 4 is 21.9 Å². The van der Waals surface area contributed by atoms with E-state index in [4.69, 9.17) is 4.42 Å². The van der Waals surface area contributed by atoms with Gasteiger partial charge >= 0.3 is 0 Å². The summed E-state index contributed by atoms with van der Waals surface area (Å²) in [6, 6.07) is 28.9. The average Bonchev–Trinajstić information content (AvgIpc) is 3.32. The summed E-state index contributed by atoms with van der Waals surface area (Å²) < 4.78 is 24.4. The maximum atomic E-state index is 15.6. The van der Waals surface area contributed by atoms with Crippen LogP contribution in [0, 0.1) is 18.2 Å². The zero-order chi connectivity index (χ0) is 29.8. The summed E-state index contributed by atoms with van der Waals surface area (Å²) in [5, 5.41) is 1.92. The summed E-state index contributed by atoms with van der Waals surface area (Å²) >= 11 is 0. The third-order valence-electron chi connectivity index (χ3n) is 8.26. The lowest BCUT2D eigenvalue weighted by molar-refractivity contribution is -0.660. The molecule has 3 heteroatoms. The monoisotopic (exact) mass is 556 g/mol. The minimum atomic E-state index is -0.286. The van der Waals surface area contributed by atoms with Crippen molar-refractivity contribution in [2.45, 2.75) is 53.9 Å². The van der Waals surface area contributed by atoms with Crippen LogP contribution in [0.4, 0.5) is 4.39 Å². The van der Waals surface area contributed by atoms with E-state index in [1.807, 2.05) is 18.2 Å². The molecule has 0 saturated carbocycles. The van der Waals surface area contributed by atoms with Gasteiger partial charge in [0.2, 0.25) is 5.69 Å². The van der Waals surface area contributed by atoms with Crippen LogP contribution < -0.4 is 4.57 Å². The Kier molecular flexibility index (Phi) is 7.01. The molecule has 0 saturated heterocycles. The second-order valence-electron chi connectivity index (χ2n) is 13.2. The lowest BCUT2D eigenvalue weighted by atomic mass is 9.88. The number of rotatable bonds is 5. The minimum Gasteiger partial charge on any atom is -0.454 e. The minimum absolute atomic E-state index is 0.178. The fraction of sp³-hybridized carbons (Fsp3) is 0.256. The quantitative estimate of drug-likeness (QED) is 0.193. The molecule has 0 aliphatic rings. The third-order valence-corrected chi connectivity index (χ3v) is 8.26. The van der Waals surface area contributed by atoms with E-state index in [0.29, 0.717) is 17.1 Å². The number of hydrogen-bond donors (Lipinski definition) is 0. The zero-order valence-corrected chi connectivity index (χ0v) is 25.7. The molecule has 0 aliphatic carbocycles. The molecule has 0 amide bonds. The molecule has 0 N–H and O–H groups in total. The lowest BCUT2D eigenvalue weighted by Crippen LogP contribution is -2.31. The Labute approximate surface area is 248 Å². The molecule has 6 aromatic rings. The second-order valence-corrected chi connectivity index (χ2v) is 13.2. The van der Waals surface area contributed by atoms with Crippen molar-refractivity contribution in [1.82, 2.24) is 0 Å². The SMILES string of the molecule is Cc1ccc2c(oc3c(-c4ccc(-c5ccc(C(C)C)cc5)cc4)c(F)ccc32)c1-c1cc(CC(C)(C)C)cc[n+]1C. The van der Waals surface area contributed by atoms with E-state index in [2.05, 4.69) is 120 Å². The maximum absolute atomic E-state index is 15.6. The van der Waals surface area contributed by atoms with Gasteiger partial charge in [0.15, 0.2) is 6.20 Å². The molecule has 2 nitrogen and oxygen atoms in total. The van der Waals surface area contributed by atoms with Gasteiger partial charge in [0.05, 0.1) is 11.1 Å². The molecule has 2 aromatic heterocycles. The molecule has 0 unspecified atom stereocenters. The molecule has 4 aromatic carbocycles. The van der Waals surface area contributed by atoms with Crippen molar-refractivity contribution in [3.05, 3.63) is 114 Å². The molecule has 42 heavy (non-hydrogen) atoms. The Morgan fingerprint density at radius 2 is 1.31 bits per heavy atom. The average molecular weight is 557 g/mol. The number of furan rings is 1. The van der Waals surface area contributed by atoms with Crippen LogP contribution >= 0.6 is 0 Å². The molecule has 0 bridgehead atoms. The molecular formula is C39H39FNO+. The van der Waals surface area contributed by atoms with Crippen molar-refractivity contribution in [2.24, 2.45) is 12.5 Å². The Balaban J connectivity index is 1.49. The predicted molar refractivity (Wildman–Crippen MR) is 173 cm³/mol. The largest absolute Gasteiger partial charge is 0.454 e. The molecule has 0 fully saturated rings. The number of aromatic nitrogens is 1. The topological polar surface area (TPSA) is 17.0 Å². The molecule has 0 aliphatic heterocycles. The highest BCUT2D eigenvalue weighted by atomic mass is 19.1. The van der Waals surface area contributed by atoms with E-state index in [9.17, 15) is 0 Å². The van der Waals surface area contributed by atoms with Crippen LogP contribution in [-0.4, -0.2) is 0 Å². The van der Waals surface area contributed by atoms with Gasteiger partial charge in [0.1, 0.15) is 24.0 Å². The van der Waals surface area contributed by atoms with Crippen LogP contribution in [0.1, 0.15) is 57.2 Å². The number of fused-ring (bicyclic) bond motifs is 3. The molecule has 2 heterocycles. The number of pyridine rings is 1. The van der Waals surface area contributed by atoms with E-state index in [-0.39, 0.29) is 11.2 Å². The van der Waals surface area contributed by atoms with Crippen molar-refractivity contribution in [3.63, 3.8) is 0 Å². The van der Waals surface area contributed by atoms with Gasteiger partial charge in [-0.05, 0) is 70.2 Å². The normalized spacial score (nSPS) is 12.1. The Morgan fingerprint density at radius 1 is 0.738 bits per heavy atom. The first kappa shape index (κ1) is 27.9. The molecule has 0 spiro atoms. The molecule has 0 atom stereocenters. The third kappa shape index (κ3) is 5.13. The van der Waals surface area contributed by atoms with Gasteiger partial charge in [-0.15, -0.1) is 0 Å². The van der Waals surface area contributed by atoms with Gasteiger partial charge in [-0.3, -0.25) is 0 Å². The van der Waals surface area contributed by atoms with E-state index in [0.717, 1.165) is 56.3 Å². The van der Waals surface area contributed by atoms with Crippen molar-refractivity contribution in [3.8, 4) is 33.5 Å². The summed E-state index contributed by atoms with van der Waals surface area (Å²) in [4.78, 5) is 0. The summed E-state index contributed by atoms with van der Waals surface area (Å²) in [6.45, 7) is 13.3.